The molecule has 6 heteroatoms. The van der Waals surface area contributed by atoms with Crippen LogP contribution in [-0.2, 0) is 9.53 Å². The molecule has 1 heterocycles. The van der Waals surface area contributed by atoms with Crippen LogP contribution in [0, 0.1) is 5.92 Å². The number of ketones is 1. The van der Waals surface area contributed by atoms with Gasteiger partial charge >= 0.3 is 5.97 Å². The number of rotatable bonds is 11. The lowest BCUT2D eigenvalue weighted by Crippen LogP contribution is -2.19. The van der Waals surface area contributed by atoms with Gasteiger partial charge in [0, 0.05) is 29.7 Å². The SMILES string of the molecule is CCOC(=O)CCCC(=O)c1ccc(N[C@H](c2ccc(-c3nc4ccccc4o3)cc2)C2CCCC2)cc1. The van der Waals surface area contributed by atoms with E-state index in [9.17, 15) is 9.59 Å². The number of benzene rings is 3. The van der Waals surface area contributed by atoms with E-state index >= 15 is 0 Å². The van der Waals surface area contributed by atoms with E-state index in [4.69, 9.17) is 9.15 Å². The van der Waals surface area contributed by atoms with Crippen molar-refractivity contribution in [1.29, 1.82) is 0 Å². The summed E-state index contributed by atoms with van der Waals surface area (Å²) in [5.41, 5.74) is 5.50. The fraction of sp³-hybridized carbons (Fsp3) is 0.344. The Hall–Kier alpha value is -3.93. The number of carbonyl (C=O) groups is 2. The van der Waals surface area contributed by atoms with E-state index in [2.05, 4.69) is 34.6 Å². The maximum Gasteiger partial charge on any atom is 0.305 e. The number of anilines is 1. The number of ether oxygens (including phenoxy) is 1. The molecule has 0 aliphatic heterocycles. The summed E-state index contributed by atoms with van der Waals surface area (Å²) in [6, 6.07) is 24.2. The average molecular weight is 511 g/mol. The molecule has 1 N–H and O–H groups in total. The number of carbonyl (C=O) groups excluding carboxylic acids is 2. The fourth-order valence-corrected chi connectivity index (χ4v) is 5.30. The molecule has 5 rings (SSSR count). The second kappa shape index (κ2) is 12.1. The van der Waals surface area contributed by atoms with Crippen LogP contribution in [0.3, 0.4) is 0 Å². The highest BCUT2D eigenvalue weighted by Crippen LogP contribution is 2.38. The van der Waals surface area contributed by atoms with Crippen LogP contribution in [0.25, 0.3) is 22.6 Å². The molecule has 6 nitrogen and oxygen atoms in total. The lowest BCUT2D eigenvalue weighted by molar-refractivity contribution is -0.143. The number of nitrogens with zero attached hydrogens (tertiary/aromatic N) is 1. The van der Waals surface area contributed by atoms with Gasteiger partial charge in [-0.15, -0.1) is 0 Å². The number of esters is 1. The lowest BCUT2D eigenvalue weighted by Gasteiger charge is -2.26. The zero-order valence-electron chi connectivity index (χ0n) is 21.8. The third-order valence-electron chi connectivity index (χ3n) is 7.30. The molecule has 3 aromatic carbocycles. The predicted octanol–water partition coefficient (Wildman–Crippen LogP) is 7.75. The first-order valence-corrected chi connectivity index (χ1v) is 13.6. The minimum absolute atomic E-state index is 0.0444. The third-order valence-corrected chi connectivity index (χ3v) is 7.30. The van der Waals surface area contributed by atoms with Crippen molar-refractivity contribution in [3.8, 4) is 11.5 Å². The van der Waals surface area contributed by atoms with Crippen molar-refractivity contribution in [3.05, 3.63) is 83.9 Å². The summed E-state index contributed by atoms with van der Waals surface area (Å²) in [5.74, 6) is 0.975. The number of para-hydroxylation sites is 2. The van der Waals surface area contributed by atoms with Crippen molar-refractivity contribution in [3.63, 3.8) is 0 Å². The summed E-state index contributed by atoms with van der Waals surface area (Å²) in [6.45, 7) is 2.15. The first-order chi connectivity index (χ1) is 18.6. The Morgan fingerprint density at radius 1 is 0.974 bits per heavy atom. The zero-order chi connectivity index (χ0) is 26.3. The Labute approximate surface area is 223 Å². The molecule has 0 saturated heterocycles. The van der Waals surface area contributed by atoms with Gasteiger partial charge in [-0.05, 0) is 86.2 Å². The van der Waals surface area contributed by atoms with Crippen LogP contribution in [0.5, 0.6) is 0 Å². The van der Waals surface area contributed by atoms with Crippen LogP contribution in [0.1, 0.15) is 73.8 Å². The summed E-state index contributed by atoms with van der Waals surface area (Å²) in [6.07, 6.45) is 6.01. The first-order valence-electron chi connectivity index (χ1n) is 13.6. The second-order valence-corrected chi connectivity index (χ2v) is 9.93. The normalized spacial score (nSPS) is 14.4. The molecule has 1 atom stereocenters. The molecule has 0 unspecified atom stereocenters. The van der Waals surface area contributed by atoms with E-state index < -0.39 is 0 Å². The molecular formula is C32H34N2O4. The number of hydrogen-bond acceptors (Lipinski definition) is 6. The number of Topliss-reactive ketones (excluding diaryl/α,β-unsaturated/α-hetero) is 1. The summed E-state index contributed by atoms with van der Waals surface area (Å²) in [5, 5.41) is 3.74. The maximum atomic E-state index is 12.6. The molecule has 38 heavy (non-hydrogen) atoms. The van der Waals surface area contributed by atoms with E-state index in [1.165, 1.54) is 31.2 Å². The Bertz CT molecular complexity index is 1340. The van der Waals surface area contributed by atoms with Gasteiger partial charge in [-0.25, -0.2) is 4.98 Å². The quantitative estimate of drug-likeness (QED) is 0.164. The Morgan fingerprint density at radius 2 is 1.71 bits per heavy atom. The molecular weight excluding hydrogens is 476 g/mol. The van der Waals surface area contributed by atoms with E-state index in [1.54, 1.807) is 6.92 Å². The van der Waals surface area contributed by atoms with Crippen molar-refractivity contribution < 1.29 is 18.7 Å². The Kier molecular flexibility index (Phi) is 8.17. The van der Waals surface area contributed by atoms with Crippen LogP contribution >= 0.6 is 0 Å². The summed E-state index contributed by atoms with van der Waals surface area (Å²) in [4.78, 5) is 28.7. The zero-order valence-corrected chi connectivity index (χ0v) is 21.8. The van der Waals surface area contributed by atoms with Crippen LogP contribution in [-0.4, -0.2) is 23.3 Å². The lowest BCUT2D eigenvalue weighted by atomic mass is 9.90. The van der Waals surface area contributed by atoms with Crippen molar-refractivity contribution in [2.24, 2.45) is 5.92 Å². The van der Waals surface area contributed by atoms with Gasteiger partial charge < -0.3 is 14.5 Å². The number of nitrogens with one attached hydrogen (secondary N) is 1. The van der Waals surface area contributed by atoms with Gasteiger partial charge in [-0.2, -0.15) is 0 Å². The number of oxazole rings is 1. The molecule has 1 saturated carbocycles. The largest absolute Gasteiger partial charge is 0.466 e. The topological polar surface area (TPSA) is 81.4 Å². The molecule has 1 fully saturated rings. The second-order valence-electron chi connectivity index (χ2n) is 9.93. The highest BCUT2D eigenvalue weighted by molar-refractivity contribution is 5.96. The van der Waals surface area contributed by atoms with Gasteiger partial charge in [0.15, 0.2) is 11.4 Å². The van der Waals surface area contributed by atoms with Gasteiger partial charge in [0.05, 0.1) is 12.6 Å². The minimum Gasteiger partial charge on any atom is -0.466 e. The van der Waals surface area contributed by atoms with Gasteiger partial charge in [-0.1, -0.05) is 37.1 Å². The van der Waals surface area contributed by atoms with E-state index in [0.717, 1.165) is 22.4 Å². The molecule has 4 aromatic rings. The van der Waals surface area contributed by atoms with Crippen LogP contribution in [0.4, 0.5) is 5.69 Å². The molecule has 0 bridgehead atoms. The average Bonchev–Trinajstić information content (AvgIpc) is 3.63. The van der Waals surface area contributed by atoms with Crippen molar-refractivity contribution in [2.75, 3.05) is 11.9 Å². The monoisotopic (exact) mass is 510 g/mol. The Morgan fingerprint density at radius 3 is 2.42 bits per heavy atom. The molecule has 196 valence electrons. The van der Waals surface area contributed by atoms with Crippen LogP contribution in [0.15, 0.2) is 77.2 Å². The molecule has 1 aliphatic rings. The van der Waals surface area contributed by atoms with Gasteiger partial charge in [0.2, 0.25) is 5.89 Å². The number of hydrogen-bond donors (Lipinski definition) is 1. The molecule has 1 aliphatic carbocycles. The van der Waals surface area contributed by atoms with E-state index in [-0.39, 0.29) is 24.2 Å². The van der Waals surface area contributed by atoms with Crippen molar-refractivity contribution in [2.45, 2.75) is 57.9 Å². The smallest absolute Gasteiger partial charge is 0.305 e. The molecule has 0 amide bonds. The first kappa shape index (κ1) is 25.7. The van der Waals surface area contributed by atoms with Gasteiger partial charge in [0.25, 0.3) is 0 Å². The summed E-state index contributed by atoms with van der Waals surface area (Å²) < 4.78 is 10.9. The van der Waals surface area contributed by atoms with Crippen LogP contribution < -0.4 is 5.32 Å². The number of fused-ring (bicyclic) bond motifs is 1. The fourth-order valence-electron chi connectivity index (χ4n) is 5.30. The summed E-state index contributed by atoms with van der Waals surface area (Å²) in [7, 11) is 0. The van der Waals surface area contributed by atoms with Crippen LogP contribution in [0.2, 0.25) is 0 Å². The third kappa shape index (κ3) is 6.13. The van der Waals surface area contributed by atoms with Crippen molar-refractivity contribution in [1.82, 2.24) is 4.98 Å². The predicted molar refractivity (Wildman–Crippen MR) is 149 cm³/mol. The van der Waals surface area contributed by atoms with E-state index in [1.807, 2.05) is 48.5 Å². The van der Waals surface area contributed by atoms with Gasteiger partial charge in [-0.3, -0.25) is 9.59 Å². The van der Waals surface area contributed by atoms with Crippen molar-refractivity contribution >= 4 is 28.5 Å². The molecule has 0 spiro atoms. The summed E-state index contributed by atoms with van der Waals surface area (Å²) >= 11 is 0. The minimum atomic E-state index is -0.250. The molecule has 0 radical (unpaired) electrons. The highest BCUT2D eigenvalue weighted by Gasteiger charge is 2.26. The Balaban J connectivity index is 1.26. The van der Waals surface area contributed by atoms with E-state index in [0.29, 0.717) is 36.8 Å². The van der Waals surface area contributed by atoms with Gasteiger partial charge in [0.1, 0.15) is 5.52 Å². The maximum absolute atomic E-state index is 12.6. The number of aromatic nitrogens is 1. The highest BCUT2D eigenvalue weighted by atomic mass is 16.5. The standard InChI is InChI=1S/C32H34N2O4/c1-2-37-30(36)13-7-11-28(35)22-18-20-26(21-19-22)33-31(23-8-3-4-9-23)24-14-16-25(17-15-24)32-34-27-10-5-6-12-29(27)38-32/h5-6,10,12,14-21,23,31,33H,2-4,7-9,11,13H2,1H3/t31-/m0/s1. The molecule has 1 aromatic heterocycles.